The van der Waals surface area contributed by atoms with Crippen LogP contribution in [0.3, 0.4) is 0 Å². The fraction of sp³-hybridized carbons (Fsp3) is 0.333. The Morgan fingerprint density at radius 1 is 0.953 bits per heavy atom. The van der Waals surface area contributed by atoms with Gasteiger partial charge in [-0.2, -0.15) is 4.98 Å². The van der Waals surface area contributed by atoms with Gasteiger partial charge in [0.2, 0.25) is 11.9 Å². The molecule has 4 amide bonds. The molecule has 4 rings (SSSR count). The van der Waals surface area contributed by atoms with Gasteiger partial charge < -0.3 is 30.7 Å². The summed E-state index contributed by atoms with van der Waals surface area (Å²) < 4.78 is 5.09. The fourth-order valence-corrected chi connectivity index (χ4v) is 4.52. The Balaban J connectivity index is 1.22. The highest BCUT2D eigenvalue weighted by Gasteiger charge is 2.28. The molecule has 5 N–H and O–H groups in total. The van der Waals surface area contributed by atoms with Crippen molar-refractivity contribution < 1.29 is 29.0 Å². The highest BCUT2D eigenvalue weighted by molar-refractivity contribution is 5.87. The molecule has 0 spiro atoms. The summed E-state index contributed by atoms with van der Waals surface area (Å²) in [5.74, 6) is -1.10. The van der Waals surface area contributed by atoms with E-state index in [-0.39, 0.29) is 30.9 Å². The van der Waals surface area contributed by atoms with Gasteiger partial charge in [0.15, 0.2) is 0 Å². The minimum atomic E-state index is -1.34. The van der Waals surface area contributed by atoms with Crippen molar-refractivity contribution in [3.05, 3.63) is 83.6 Å². The van der Waals surface area contributed by atoms with Crippen LogP contribution in [0.25, 0.3) is 0 Å². The Kier molecular flexibility index (Phi) is 10.8. The molecule has 1 aliphatic rings. The van der Waals surface area contributed by atoms with Crippen LogP contribution in [0.5, 0.6) is 0 Å². The van der Waals surface area contributed by atoms with Crippen molar-refractivity contribution in [3.63, 3.8) is 0 Å². The minimum Gasteiger partial charge on any atom is -0.480 e. The highest BCUT2D eigenvalue weighted by atomic mass is 16.5. The maximum atomic E-state index is 12.8. The smallest absolute Gasteiger partial charge is 0.408 e. The number of piperidine rings is 1. The van der Waals surface area contributed by atoms with Crippen molar-refractivity contribution in [2.75, 3.05) is 29.9 Å². The zero-order chi connectivity index (χ0) is 30.6. The van der Waals surface area contributed by atoms with Gasteiger partial charge in [0.25, 0.3) is 0 Å². The number of aromatic nitrogens is 2. The molecular formula is C30H35N7O6. The summed E-state index contributed by atoms with van der Waals surface area (Å²) in [4.78, 5) is 59.7. The predicted octanol–water partition coefficient (Wildman–Crippen LogP) is 2.82. The molecule has 1 aliphatic heterocycles. The molecule has 13 heteroatoms. The summed E-state index contributed by atoms with van der Waals surface area (Å²) in [7, 11) is 0. The van der Waals surface area contributed by atoms with E-state index in [1.54, 1.807) is 24.3 Å². The minimum absolute atomic E-state index is 0.00514. The second-order valence-corrected chi connectivity index (χ2v) is 10.1. The van der Waals surface area contributed by atoms with E-state index in [4.69, 9.17) is 4.74 Å². The number of nitrogens with one attached hydrogen (secondary N) is 4. The summed E-state index contributed by atoms with van der Waals surface area (Å²) in [5, 5.41) is 19.9. The van der Waals surface area contributed by atoms with Gasteiger partial charge in [-0.05, 0) is 30.9 Å². The van der Waals surface area contributed by atoms with Crippen LogP contribution in [0.4, 0.5) is 21.4 Å². The Morgan fingerprint density at radius 2 is 1.60 bits per heavy atom. The van der Waals surface area contributed by atoms with E-state index in [1.165, 1.54) is 0 Å². The molecule has 1 saturated heterocycles. The number of carbonyl (C=O) groups is 4. The Labute approximate surface area is 249 Å². The lowest BCUT2D eigenvalue weighted by Gasteiger charge is -2.32. The van der Waals surface area contributed by atoms with Crippen LogP contribution < -0.4 is 26.2 Å². The number of anilines is 2. The standard InChI is InChI=1S/C30H35N7O6/c1-20-16-25(35-28(33-20)36-29(41)32-17-21-8-4-2-5-9-21)37-14-12-23(13-15-37)26(38)31-18-24(27(39)40)34-30(42)43-19-22-10-6-3-7-11-22/h2-11,16,23-24H,12-15,17-19H2,1H3,(H,31,38)(H,34,42)(H,39,40)(H2,32,33,35,36,41). The SMILES string of the molecule is Cc1cc(N2CCC(C(=O)NCC(NC(=O)OCc3ccccc3)C(=O)O)CC2)nc(NC(=O)NCc2ccccc2)n1. The number of aryl methyl sites for hydroxylation is 1. The molecule has 1 aromatic heterocycles. The number of aliphatic carboxylic acids is 1. The van der Waals surface area contributed by atoms with Gasteiger partial charge in [0, 0.05) is 43.9 Å². The topological polar surface area (TPSA) is 175 Å². The van der Waals surface area contributed by atoms with Crippen molar-refractivity contribution >= 4 is 35.8 Å². The lowest BCUT2D eigenvalue weighted by atomic mass is 9.96. The zero-order valence-corrected chi connectivity index (χ0v) is 23.8. The zero-order valence-electron chi connectivity index (χ0n) is 23.8. The van der Waals surface area contributed by atoms with Crippen molar-refractivity contribution in [2.45, 2.75) is 39.0 Å². The molecular weight excluding hydrogens is 554 g/mol. The van der Waals surface area contributed by atoms with Crippen LogP contribution in [0.15, 0.2) is 66.7 Å². The normalized spacial score (nSPS) is 13.8. The van der Waals surface area contributed by atoms with Gasteiger partial charge in [-0.15, -0.1) is 0 Å². The Morgan fingerprint density at radius 3 is 2.26 bits per heavy atom. The number of carboxylic acids is 1. The maximum Gasteiger partial charge on any atom is 0.408 e. The van der Waals surface area contributed by atoms with Crippen molar-refractivity contribution in [2.24, 2.45) is 5.92 Å². The van der Waals surface area contributed by atoms with E-state index in [2.05, 4.69) is 31.2 Å². The third-order valence-electron chi connectivity index (χ3n) is 6.84. The molecule has 0 radical (unpaired) electrons. The van der Waals surface area contributed by atoms with E-state index in [9.17, 15) is 24.3 Å². The summed E-state index contributed by atoms with van der Waals surface area (Å²) in [5.41, 5.74) is 2.40. The molecule has 0 bridgehead atoms. The van der Waals surface area contributed by atoms with Crippen LogP contribution in [0.2, 0.25) is 0 Å². The van der Waals surface area contributed by atoms with Gasteiger partial charge in [-0.25, -0.2) is 19.4 Å². The number of carboxylic acid groups (broad SMARTS) is 1. The van der Waals surface area contributed by atoms with Crippen LogP contribution in [-0.4, -0.2) is 64.8 Å². The molecule has 43 heavy (non-hydrogen) atoms. The third kappa shape index (κ3) is 9.69. The quantitative estimate of drug-likeness (QED) is 0.225. The van der Waals surface area contributed by atoms with E-state index in [0.717, 1.165) is 11.1 Å². The second-order valence-electron chi connectivity index (χ2n) is 10.1. The van der Waals surface area contributed by atoms with Crippen LogP contribution >= 0.6 is 0 Å². The van der Waals surface area contributed by atoms with Gasteiger partial charge in [-0.1, -0.05) is 60.7 Å². The number of hydrogen-bond donors (Lipinski definition) is 5. The number of nitrogens with zero attached hydrogens (tertiary/aromatic N) is 3. The lowest BCUT2D eigenvalue weighted by molar-refractivity contribution is -0.139. The summed E-state index contributed by atoms with van der Waals surface area (Å²) in [6, 6.07) is 18.6. The highest BCUT2D eigenvalue weighted by Crippen LogP contribution is 2.23. The Hall–Kier alpha value is -5.20. The van der Waals surface area contributed by atoms with Crippen molar-refractivity contribution in [1.29, 1.82) is 0 Å². The number of urea groups is 1. The molecule has 3 aromatic rings. The van der Waals surface area contributed by atoms with Crippen LogP contribution in [-0.2, 0) is 27.5 Å². The van der Waals surface area contributed by atoms with Crippen LogP contribution in [0.1, 0.15) is 29.7 Å². The molecule has 13 nitrogen and oxygen atoms in total. The van der Waals surface area contributed by atoms with Gasteiger partial charge >= 0.3 is 18.1 Å². The molecule has 226 valence electrons. The van der Waals surface area contributed by atoms with Crippen LogP contribution in [0, 0.1) is 12.8 Å². The number of hydrogen-bond acceptors (Lipinski definition) is 8. The predicted molar refractivity (Wildman–Crippen MR) is 158 cm³/mol. The van der Waals surface area contributed by atoms with Gasteiger partial charge in [-0.3, -0.25) is 10.1 Å². The molecule has 2 heterocycles. The number of carbonyl (C=O) groups excluding carboxylic acids is 3. The first kappa shape index (κ1) is 30.8. The second kappa shape index (κ2) is 15.1. The molecule has 1 atom stereocenters. The average molecular weight is 590 g/mol. The summed E-state index contributed by atoms with van der Waals surface area (Å²) >= 11 is 0. The molecule has 2 aromatic carbocycles. The first-order valence-electron chi connectivity index (χ1n) is 13.9. The number of alkyl carbamates (subject to hydrolysis) is 1. The number of rotatable bonds is 11. The van der Waals surface area contributed by atoms with E-state index < -0.39 is 24.1 Å². The molecule has 1 fully saturated rings. The summed E-state index contributed by atoms with van der Waals surface area (Å²) in [6.07, 6.45) is 0.139. The van der Waals surface area contributed by atoms with Crippen molar-refractivity contribution in [3.8, 4) is 0 Å². The molecule has 0 saturated carbocycles. The lowest BCUT2D eigenvalue weighted by Crippen LogP contribution is -2.50. The van der Waals surface area contributed by atoms with Crippen molar-refractivity contribution in [1.82, 2.24) is 25.9 Å². The van der Waals surface area contributed by atoms with E-state index >= 15 is 0 Å². The molecule has 0 aliphatic carbocycles. The first-order valence-corrected chi connectivity index (χ1v) is 13.9. The third-order valence-corrected chi connectivity index (χ3v) is 6.84. The monoisotopic (exact) mass is 589 g/mol. The van der Waals surface area contributed by atoms with E-state index in [1.807, 2.05) is 54.3 Å². The number of ether oxygens (including phenoxy) is 1. The van der Waals surface area contributed by atoms with E-state index in [0.29, 0.717) is 44.0 Å². The maximum absolute atomic E-state index is 12.8. The largest absolute Gasteiger partial charge is 0.480 e. The fourth-order valence-electron chi connectivity index (χ4n) is 4.52. The average Bonchev–Trinajstić information content (AvgIpc) is 3.01. The first-order chi connectivity index (χ1) is 20.8. The Bertz CT molecular complexity index is 1400. The number of benzene rings is 2. The van der Waals surface area contributed by atoms with Gasteiger partial charge in [0.05, 0.1) is 0 Å². The summed E-state index contributed by atoms with van der Waals surface area (Å²) in [6.45, 7) is 2.95. The van der Waals surface area contributed by atoms with Gasteiger partial charge in [0.1, 0.15) is 18.5 Å². The number of amides is 4. The molecule has 1 unspecified atom stereocenters.